The van der Waals surface area contributed by atoms with Crippen molar-refractivity contribution in [2.45, 2.75) is 84.0 Å². The number of hydrogen-bond acceptors (Lipinski definition) is 1. The molecule has 0 aromatic rings. The summed E-state index contributed by atoms with van der Waals surface area (Å²) in [7, 11) is 0. The van der Waals surface area contributed by atoms with Crippen molar-refractivity contribution in [3.63, 3.8) is 0 Å². The second-order valence-electron chi connectivity index (χ2n) is 7.87. The molecule has 1 N–H and O–H groups in total. The van der Waals surface area contributed by atoms with Crippen LogP contribution in [-0.2, 0) is 0 Å². The van der Waals surface area contributed by atoms with E-state index in [0.717, 1.165) is 6.42 Å². The Morgan fingerprint density at radius 2 is 1.55 bits per heavy atom. The third kappa shape index (κ3) is 4.37. The first-order valence-corrected chi connectivity index (χ1v) is 7.98. The van der Waals surface area contributed by atoms with Gasteiger partial charge in [0.25, 0.3) is 0 Å². The van der Waals surface area contributed by atoms with Gasteiger partial charge < -0.3 is 5.32 Å². The van der Waals surface area contributed by atoms with Gasteiger partial charge in [-0.25, -0.2) is 0 Å². The molecule has 0 aromatic carbocycles. The molecule has 2 atom stereocenters. The molecule has 0 amide bonds. The lowest BCUT2D eigenvalue weighted by molar-refractivity contribution is -0.182. The molecule has 2 rings (SSSR count). The third-order valence-electron chi connectivity index (χ3n) is 5.05. The SMILES string of the molecule is CC1CC(NC2CCC(C(F)(F)F)CC2)CC(C)(C)C1. The van der Waals surface area contributed by atoms with Gasteiger partial charge in [0.15, 0.2) is 0 Å². The zero-order valence-corrected chi connectivity index (χ0v) is 12.9. The van der Waals surface area contributed by atoms with E-state index in [1.807, 2.05) is 0 Å². The fraction of sp³-hybridized carbons (Fsp3) is 1.00. The van der Waals surface area contributed by atoms with Crippen molar-refractivity contribution in [2.24, 2.45) is 17.3 Å². The summed E-state index contributed by atoms with van der Waals surface area (Å²) in [5.41, 5.74) is 0.360. The van der Waals surface area contributed by atoms with Crippen molar-refractivity contribution in [3.05, 3.63) is 0 Å². The normalized spacial score (nSPS) is 38.7. The fourth-order valence-electron chi connectivity index (χ4n) is 4.39. The van der Waals surface area contributed by atoms with Crippen molar-refractivity contribution >= 4 is 0 Å². The molecule has 0 bridgehead atoms. The number of halogens is 3. The number of hydrogen-bond donors (Lipinski definition) is 1. The minimum absolute atomic E-state index is 0.291. The summed E-state index contributed by atoms with van der Waals surface area (Å²) in [5.74, 6) is -0.356. The maximum atomic E-state index is 12.7. The molecule has 0 radical (unpaired) electrons. The van der Waals surface area contributed by atoms with Crippen LogP contribution in [0.5, 0.6) is 0 Å². The highest BCUT2D eigenvalue weighted by Crippen LogP contribution is 2.40. The molecule has 118 valence electrons. The zero-order valence-electron chi connectivity index (χ0n) is 12.9. The van der Waals surface area contributed by atoms with Gasteiger partial charge in [-0.2, -0.15) is 13.2 Å². The van der Waals surface area contributed by atoms with Gasteiger partial charge in [0.05, 0.1) is 5.92 Å². The van der Waals surface area contributed by atoms with Crippen LogP contribution in [0.4, 0.5) is 13.2 Å². The molecule has 2 saturated carbocycles. The summed E-state index contributed by atoms with van der Waals surface area (Å²) in [5, 5.41) is 3.65. The summed E-state index contributed by atoms with van der Waals surface area (Å²) >= 11 is 0. The predicted octanol–water partition coefficient (Wildman–Crippen LogP) is 4.91. The number of nitrogens with one attached hydrogen (secondary N) is 1. The van der Waals surface area contributed by atoms with Gasteiger partial charge in [0.2, 0.25) is 0 Å². The predicted molar refractivity (Wildman–Crippen MR) is 75.5 cm³/mol. The molecule has 2 unspecified atom stereocenters. The summed E-state index contributed by atoms with van der Waals surface area (Å²) in [6, 6.07) is 0.779. The van der Waals surface area contributed by atoms with Crippen LogP contribution in [0.15, 0.2) is 0 Å². The summed E-state index contributed by atoms with van der Waals surface area (Å²) in [6.45, 7) is 6.89. The minimum atomic E-state index is -3.99. The van der Waals surface area contributed by atoms with Crippen LogP contribution in [0.25, 0.3) is 0 Å². The molecule has 2 aliphatic carbocycles. The van der Waals surface area contributed by atoms with Gasteiger partial charge in [-0.3, -0.25) is 0 Å². The molecular weight excluding hydrogens is 263 g/mol. The Morgan fingerprint density at radius 1 is 0.950 bits per heavy atom. The van der Waals surface area contributed by atoms with E-state index in [1.54, 1.807) is 0 Å². The van der Waals surface area contributed by atoms with E-state index in [9.17, 15) is 13.2 Å². The van der Waals surface area contributed by atoms with Gasteiger partial charge >= 0.3 is 6.18 Å². The second-order valence-corrected chi connectivity index (χ2v) is 7.87. The molecule has 2 aliphatic rings. The van der Waals surface area contributed by atoms with Crippen LogP contribution in [0.1, 0.15) is 65.7 Å². The average molecular weight is 291 g/mol. The number of rotatable bonds is 2. The van der Waals surface area contributed by atoms with Crippen LogP contribution in [0.2, 0.25) is 0 Å². The summed E-state index contributed by atoms with van der Waals surface area (Å²) < 4.78 is 38.0. The summed E-state index contributed by atoms with van der Waals surface area (Å²) in [6.07, 6.45) is 1.53. The van der Waals surface area contributed by atoms with E-state index >= 15 is 0 Å². The maximum absolute atomic E-state index is 12.7. The standard InChI is InChI=1S/C16H28F3N/c1-11-8-14(10-15(2,3)9-11)20-13-6-4-12(5-7-13)16(17,18)19/h11-14,20H,4-10H2,1-3H3. The minimum Gasteiger partial charge on any atom is -0.311 e. The van der Waals surface area contributed by atoms with E-state index in [2.05, 4.69) is 26.1 Å². The maximum Gasteiger partial charge on any atom is 0.391 e. The number of alkyl halides is 3. The first-order chi connectivity index (χ1) is 9.16. The molecule has 20 heavy (non-hydrogen) atoms. The van der Waals surface area contributed by atoms with Crippen LogP contribution in [-0.4, -0.2) is 18.3 Å². The molecule has 0 aromatic heterocycles. The Hall–Kier alpha value is -0.250. The lowest BCUT2D eigenvalue weighted by Gasteiger charge is -2.42. The molecule has 0 heterocycles. The lowest BCUT2D eigenvalue weighted by Crippen LogP contribution is -2.46. The van der Waals surface area contributed by atoms with Crippen LogP contribution in [0, 0.1) is 17.3 Å². The monoisotopic (exact) mass is 291 g/mol. The average Bonchev–Trinajstić information content (AvgIpc) is 2.25. The summed E-state index contributed by atoms with van der Waals surface area (Å²) in [4.78, 5) is 0. The van der Waals surface area contributed by atoms with Crippen LogP contribution >= 0.6 is 0 Å². The van der Waals surface area contributed by atoms with Crippen molar-refractivity contribution in [1.29, 1.82) is 0 Å². The molecule has 4 heteroatoms. The second kappa shape index (κ2) is 5.86. The molecule has 0 saturated heterocycles. The highest BCUT2D eigenvalue weighted by Gasteiger charge is 2.42. The molecule has 1 nitrogen and oxygen atoms in total. The van der Waals surface area contributed by atoms with Crippen molar-refractivity contribution < 1.29 is 13.2 Å². The quantitative estimate of drug-likeness (QED) is 0.762. The van der Waals surface area contributed by atoms with Gasteiger partial charge in [0.1, 0.15) is 0 Å². The van der Waals surface area contributed by atoms with Gasteiger partial charge in [-0.1, -0.05) is 20.8 Å². The molecule has 0 spiro atoms. The van der Waals surface area contributed by atoms with E-state index in [0.29, 0.717) is 49.1 Å². The first-order valence-electron chi connectivity index (χ1n) is 7.98. The van der Waals surface area contributed by atoms with Crippen molar-refractivity contribution in [2.75, 3.05) is 0 Å². The zero-order chi connectivity index (χ0) is 15.0. The lowest BCUT2D eigenvalue weighted by atomic mass is 9.70. The molecule has 2 fully saturated rings. The van der Waals surface area contributed by atoms with E-state index < -0.39 is 12.1 Å². The van der Waals surface area contributed by atoms with E-state index in [1.165, 1.54) is 12.8 Å². The Balaban J connectivity index is 1.81. The Labute approximate surface area is 120 Å². The van der Waals surface area contributed by atoms with Crippen molar-refractivity contribution in [1.82, 2.24) is 5.32 Å². The Kier molecular flexibility index (Phi) is 4.73. The Bertz CT molecular complexity index is 316. The van der Waals surface area contributed by atoms with Crippen molar-refractivity contribution in [3.8, 4) is 0 Å². The Morgan fingerprint density at radius 3 is 2.05 bits per heavy atom. The molecule has 0 aliphatic heterocycles. The first kappa shape index (κ1) is 16.1. The third-order valence-corrected chi connectivity index (χ3v) is 5.05. The molecular formula is C16H28F3N. The van der Waals surface area contributed by atoms with Crippen LogP contribution in [0.3, 0.4) is 0 Å². The fourth-order valence-corrected chi connectivity index (χ4v) is 4.39. The van der Waals surface area contributed by atoms with E-state index in [4.69, 9.17) is 0 Å². The topological polar surface area (TPSA) is 12.0 Å². The highest BCUT2D eigenvalue weighted by atomic mass is 19.4. The van der Waals surface area contributed by atoms with Gasteiger partial charge in [0, 0.05) is 12.1 Å². The van der Waals surface area contributed by atoms with E-state index in [-0.39, 0.29) is 0 Å². The van der Waals surface area contributed by atoms with Gasteiger partial charge in [-0.15, -0.1) is 0 Å². The smallest absolute Gasteiger partial charge is 0.311 e. The highest BCUT2D eigenvalue weighted by molar-refractivity contribution is 4.90. The van der Waals surface area contributed by atoms with Crippen LogP contribution < -0.4 is 5.32 Å². The van der Waals surface area contributed by atoms with Gasteiger partial charge in [-0.05, 0) is 56.3 Å². The largest absolute Gasteiger partial charge is 0.391 e.